The maximum Gasteiger partial charge on any atom is 0.142 e. The highest BCUT2D eigenvalue weighted by Gasteiger charge is 2.28. The number of anilines is 2. The van der Waals surface area contributed by atoms with E-state index in [9.17, 15) is 9.50 Å². The summed E-state index contributed by atoms with van der Waals surface area (Å²) in [5, 5.41) is 11.4. The van der Waals surface area contributed by atoms with Crippen LogP contribution in [0.25, 0.3) is 11.1 Å². The Morgan fingerprint density at radius 1 is 1.03 bits per heavy atom. The van der Waals surface area contributed by atoms with Gasteiger partial charge in [0.2, 0.25) is 0 Å². The number of aliphatic hydroxyl groups excluding tert-OH is 1. The van der Waals surface area contributed by atoms with Crippen LogP contribution >= 0.6 is 11.6 Å². The highest BCUT2D eigenvalue weighted by molar-refractivity contribution is 6.30. The Kier molecular flexibility index (Phi) is 5.65. The van der Waals surface area contributed by atoms with Crippen LogP contribution in [0.1, 0.15) is 24.5 Å². The molecule has 1 aliphatic rings. The molecule has 0 aliphatic carbocycles. The number of hydrogen-bond acceptors (Lipinski definition) is 5. The second-order valence-corrected chi connectivity index (χ2v) is 7.72. The lowest BCUT2D eigenvalue weighted by Gasteiger charge is -2.36. The normalized spacial score (nSPS) is 16.0. The van der Waals surface area contributed by atoms with Gasteiger partial charge in [0.1, 0.15) is 23.8 Å². The summed E-state index contributed by atoms with van der Waals surface area (Å²) in [6, 6.07) is 13.5. The highest BCUT2D eigenvalue weighted by atomic mass is 35.5. The molecule has 0 saturated carbocycles. The van der Waals surface area contributed by atoms with Crippen molar-refractivity contribution in [2.24, 2.45) is 5.92 Å². The summed E-state index contributed by atoms with van der Waals surface area (Å²) in [5.41, 5.74) is 8.51. The van der Waals surface area contributed by atoms with Gasteiger partial charge in [0, 0.05) is 18.1 Å². The Hall–Kier alpha value is -2.70. The van der Waals surface area contributed by atoms with Gasteiger partial charge in [-0.25, -0.2) is 14.4 Å². The van der Waals surface area contributed by atoms with Gasteiger partial charge in [-0.15, -0.1) is 0 Å². The number of piperidine rings is 1. The summed E-state index contributed by atoms with van der Waals surface area (Å²) in [6.45, 7) is 1.47. The number of nitrogens with two attached hydrogens (primary N) is 1. The van der Waals surface area contributed by atoms with Crippen molar-refractivity contribution < 1.29 is 9.50 Å². The van der Waals surface area contributed by atoms with E-state index < -0.39 is 6.10 Å². The van der Waals surface area contributed by atoms with Gasteiger partial charge in [0.25, 0.3) is 0 Å². The Bertz CT molecular complexity index is 973. The van der Waals surface area contributed by atoms with E-state index in [1.165, 1.54) is 18.5 Å². The summed E-state index contributed by atoms with van der Waals surface area (Å²) in [5.74, 6) is 0.956. The molecular formula is C22H22ClFN4O. The quantitative estimate of drug-likeness (QED) is 0.661. The van der Waals surface area contributed by atoms with E-state index in [-0.39, 0.29) is 11.7 Å². The standard InChI is InChI=1S/C22H22ClFN4O/c23-17-5-1-15(2-6-17)20(29)16-9-11-28(12-10-16)22-19(21(25)26-13-27-22)14-3-7-18(24)8-4-14/h1-8,13,16,20,29H,9-12H2,(H2,25,26,27). The second kappa shape index (κ2) is 8.35. The van der Waals surface area contributed by atoms with E-state index in [0.29, 0.717) is 16.4 Å². The Balaban J connectivity index is 1.52. The van der Waals surface area contributed by atoms with Crippen LogP contribution in [0.15, 0.2) is 54.9 Å². The van der Waals surface area contributed by atoms with Gasteiger partial charge in [0.05, 0.1) is 11.7 Å². The molecular weight excluding hydrogens is 391 g/mol. The monoisotopic (exact) mass is 412 g/mol. The third-order valence-corrected chi connectivity index (χ3v) is 5.74. The molecule has 1 unspecified atom stereocenters. The highest BCUT2D eigenvalue weighted by Crippen LogP contribution is 2.37. The van der Waals surface area contributed by atoms with Crippen LogP contribution in [0.3, 0.4) is 0 Å². The van der Waals surface area contributed by atoms with Gasteiger partial charge in [0.15, 0.2) is 0 Å². The van der Waals surface area contributed by atoms with Crippen molar-refractivity contribution in [2.75, 3.05) is 23.7 Å². The SMILES string of the molecule is Nc1ncnc(N2CCC(C(O)c3ccc(Cl)cc3)CC2)c1-c1ccc(F)cc1. The topological polar surface area (TPSA) is 75.3 Å². The molecule has 1 saturated heterocycles. The zero-order valence-electron chi connectivity index (χ0n) is 15.8. The average molecular weight is 413 g/mol. The first-order chi connectivity index (χ1) is 14.0. The number of aliphatic hydroxyl groups is 1. The minimum Gasteiger partial charge on any atom is -0.388 e. The molecule has 4 rings (SSSR count). The first kappa shape index (κ1) is 19.6. The summed E-state index contributed by atoms with van der Waals surface area (Å²) in [6.07, 6.45) is 2.56. The Morgan fingerprint density at radius 2 is 1.69 bits per heavy atom. The third-order valence-electron chi connectivity index (χ3n) is 5.49. The fraction of sp³-hybridized carbons (Fsp3) is 0.273. The molecule has 2 aromatic carbocycles. The van der Waals surface area contributed by atoms with E-state index >= 15 is 0 Å². The first-order valence-electron chi connectivity index (χ1n) is 9.58. The van der Waals surface area contributed by atoms with Crippen molar-refractivity contribution in [3.05, 3.63) is 71.3 Å². The number of benzene rings is 2. The van der Waals surface area contributed by atoms with Crippen LogP contribution in [-0.4, -0.2) is 28.2 Å². The Morgan fingerprint density at radius 3 is 2.34 bits per heavy atom. The molecule has 150 valence electrons. The maximum atomic E-state index is 13.3. The average Bonchev–Trinajstić information content (AvgIpc) is 2.75. The van der Waals surface area contributed by atoms with Crippen molar-refractivity contribution in [2.45, 2.75) is 18.9 Å². The number of hydrogen-bond donors (Lipinski definition) is 2. The zero-order valence-corrected chi connectivity index (χ0v) is 16.6. The minimum atomic E-state index is -0.526. The van der Waals surface area contributed by atoms with Gasteiger partial charge in [-0.05, 0) is 54.2 Å². The van der Waals surface area contributed by atoms with Crippen molar-refractivity contribution >= 4 is 23.2 Å². The van der Waals surface area contributed by atoms with Crippen LogP contribution in [0.5, 0.6) is 0 Å². The summed E-state index contributed by atoms with van der Waals surface area (Å²) in [4.78, 5) is 10.7. The molecule has 3 aromatic rings. The molecule has 0 spiro atoms. The van der Waals surface area contributed by atoms with Crippen LogP contribution in [0.4, 0.5) is 16.0 Å². The lowest BCUT2D eigenvalue weighted by Crippen LogP contribution is -2.36. The van der Waals surface area contributed by atoms with Crippen LogP contribution < -0.4 is 10.6 Å². The predicted octanol–water partition coefficient (Wildman–Crippen LogP) is 4.47. The summed E-state index contributed by atoms with van der Waals surface area (Å²) in [7, 11) is 0. The van der Waals surface area contributed by atoms with E-state index in [1.54, 1.807) is 24.3 Å². The fourth-order valence-electron chi connectivity index (χ4n) is 3.88. The van der Waals surface area contributed by atoms with E-state index in [4.69, 9.17) is 17.3 Å². The molecule has 1 aromatic heterocycles. The van der Waals surface area contributed by atoms with Crippen molar-refractivity contribution in [1.82, 2.24) is 9.97 Å². The number of aromatic nitrogens is 2. The lowest BCUT2D eigenvalue weighted by molar-refractivity contribution is 0.0929. The number of halogens is 2. The van der Waals surface area contributed by atoms with E-state index in [2.05, 4.69) is 14.9 Å². The molecule has 0 bridgehead atoms. The van der Waals surface area contributed by atoms with Gasteiger partial charge >= 0.3 is 0 Å². The number of rotatable bonds is 4. The van der Waals surface area contributed by atoms with Crippen LogP contribution in [0.2, 0.25) is 5.02 Å². The largest absolute Gasteiger partial charge is 0.388 e. The van der Waals surface area contributed by atoms with Crippen molar-refractivity contribution in [3.63, 3.8) is 0 Å². The first-order valence-corrected chi connectivity index (χ1v) is 9.95. The van der Waals surface area contributed by atoms with Gasteiger partial charge < -0.3 is 15.7 Å². The van der Waals surface area contributed by atoms with Gasteiger partial charge in [-0.2, -0.15) is 0 Å². The molecule has 0 amide bonds. The predicted molar refractivity (Wildman–Crippen MR) is 113 cm³/mol. The molecule has 7 heteroatoms. The molecule has 3 N–H and O–H groups in total. The number of nitrogens with zero attached hydrogens (tertiary/aromatic N) is 3. The summed E-state index contributed by atoms with van der Waals surface area (Å²) < 4.78 is 13.3. The Labute approximate surface area is 174 Å². The zero-order chi connectivity index (χ0) is 20.4. The molecule has 1 aliphatic heterocycles. The molecule has 5 nitrogen and oxygen atoms in total. The lowest BCUT2D eigenvalue weighted by atomic mass is 9.87. The number of nitrogen functional groups attached to an aromatic ring is 1. The van der Waals surface area contributed by atoms with E-state index in [1.807, 2.05) is 12.1 Å². The van der Waals surface area contributed by atoms with Crippen LogP contribution in [-0.2, 0) is 0 Å². The van der Waals surface area contributed by atoms with Crippen LogP contribution in [0, 0.1) is 11.7 Å². The van der Waals surface area contributed by atoms with Crippen molar-refractivity contribution in [3.8, 4) is 11.1 Å². The summed E-state index contributed by atoms with van der Waals surface area (Å²) >= 11 is 5.94. The molecule has 2 heterocycles. The van der Waals surface area contributed by atoms with Gasteiger partial charge in [-0.3, -0.25) is 0 Å². The van der Waals surface area contributed by atoms with E-state index in [0.717, 1.165) is 42.9 Å². The third kappa shape index (κ3) is 4.18. The fourth-order valence-corrected chi connectivity index (χ4v) is 4.01. The van der Waals surface area contributed by atoms with Gasteiger partial charge in [-0.1, -0.05) is 35.9 Å². The molecule has 1 fully saturated rings. The second-order valence-electron chi connectivity index (χ2n) is 7.29. The minimum absolute atomic E-state index is 0.154. The molecule has 29 heavy (non-hydrogen) atoms. The maximum absolute atomic E-state index is 13.3. The molecule has 0 radical (unpaired) electrons. The smallest absolute Gasteiger partial charge is 0.142 e. The van der Waals surface area contributed by atoms with Crippen molar-refractivity contribution in [1.29, 1.82) is 0 Å². The molecule has 1 atom stereocenters.